The molecule has 2 heterocycles. The van der Waals surface area contributed by atoms with Gasteiger partial charge in [0, 0.05) is 11.8 Å². The fourth-order valence-corrected chi connectivity index (χ4v) is 1.52. The summed E-state index contributed by atoms with van der Waals surface area (Å²) in [5, 5.41) is 0. The van der Waals surface area contributed by atoms with Crippen molar-refractivity contribution in [3.63, 3.8) is 0 Å². The van der Waals surface area contributed by atoms with Gasteiger partial charge in [-0.15, -0.1) is 0 Å². The van der Waals surface area contributed by atoms with Crippen LogP contribution in [-0.4, -0.2) is 4.98 Å². The minimum atomic E-state index is 0.487. The lowest BCUT2D eigenvalue weighted by Crippen LogP contribution is -1.88. The van der Waals surface area contributed by atoms with Gasteiger partial charge in [0.1, 0.15) is 11.6 Å². The van der Waals surface area contributed by atoms with Gasteiger partial charge in [-0.2, -0.15) is 0 Å². The molecular formula is C9H7BrN2O. The Morgan fingerprint density at radius 3 is 2.85 bits per heavy atom. The second kappa shape index (κ2) is 3.22. The fraction of sp³-hybridized carbons (Fsp3) is 0. The Labute approximate surface area is 83.7 Å². The molecule has 3 nitrogen and oxygen atoms in total. The topological polar surface area (TPSA) is 52.0 Å². The summed E-state index contributed by atoms with van der Waals surface area (Å²) in [6.45, 7) is 0. The van der Waals surface area contributed by atoms with Crippen molar-refractivity contribution in [3.8, 4) is 11.3 Å². The number of hydrogen-bond acceptors (Lipinski definition) is 3. The number of rotatable bonds is 1. The van der Waals surface area contributed by atoms with Crippen LogP contribution in [0.4, 0.5) is 5.82 Å². The normalized spacial score (nSPS) is 10.2. The fourth-order valence-electron chi connectivity index (χ4n) is 1.09. The molecule has 2 aromatic rings. The van der Waals surface area contributed by atoms with Crippen molar-refractivity contribution < 1.29 is 4.42 Å². The zero-order valence-electron chi connectivity index (χ0n) is 6.70. The van der Waals surface area contributed by atoms with E-state index in [9.17, 15) is 0 Å². The van der Waals surface area contributed by atoms with E-state index >= 15 is 0 Å². The molecular weight excluding hydrogens is 232 g/mol. The van der Waals surface area contributed by atoms with Gasteiger partial charge in [0.25, 0.3) is 0 Å². The zero-order chi connectivity index (χ0) is 9.26. The first kappa shape index (κ1) is 8.31. The van der Waals surface area contributed by atoms with Crippen LogP contribution in [0, 0.1) is 0 Å². The molecule has 0 aliphatic heterocycles. The molecule has 0 amide bonds. The Kier molecular flexibility index (Phi) is 2.06. The van der Waals surface area contributed by atoms with Crippen LogP contribution < -0.4 is 5.73 Å². The van der Waals surface area contributed by atoms with Gasteiger partial charge < -0.3 is 10.2 Å². The van der Waals surface area contributed by atoms with Gasteiger partial charge in [-0.05, 0) is 34.1 Å². The van der Waals surface area contributed by atoms with E-state index in [2.05, 4.69) is 20.9 Å². The largest absolute Gasteiger partial charge is 0.463 e. The van der Waals surface area contributed by atoms with E-state index in [0.717, 1.165) is 15.8 Å². The summed E-state index contributed by atoms with van der Waals surface area (Å²) in [5.41, 5.74) is 6.47. The lowest BCUT2D eigenvalue weighted by molar-refractivity contribution is 0.581. The number of anilines is 1. The number of aromatic nitrogens is 1. The lowest BCUT2D eigenvalue weighted by Gasteiger charge is -1.98. The molecule has 2 rings (SSSR count). The summed E-state index contributed by atoms with van der Waals surface area (Å²) in [4.78, 5) is 3.90. The number of pyridine rings is 1. The van der Waals surface area contributed by atoms with Crippen molar-refractivity contribution in [3.05, 3.63) is 35.1 Å². The Bertz CT molecular complexity index is 425. The number of halogens is 1. The first-order valence-corrected chi connectivity index (χ1v) is 4.51. The Balaban J connectivity index is 2.53. The van der Waals surface area contributed by atoms with Gasteiger partial charge >= 0.3 is 0 Å². The molecule has 0 aliphatic carbocycles. The molecule has 0 unspecified atom stereocenters. The highest BCUT2D eigenvalue weighted by Crippen LogP contribution is 2.29. The standard InChI is InChI=1S/C9H7BrN2O/c10-7-2-4-13-9(7)6-1-3-12-8(11)5-6/h1-5H,(H2,11,12). The van der Waals surface area contributed by atoms with Gasteiger partial charge in [0.05, 0.1) is 10.7 Å². The van der Waals surface area contributed by atoms with Crippen LogP contribution in [0.2, 0.25) is 0 Å². The average molecular weight is 239 g/mol. The Morgan fingerprint density at radius 2 is 2.23 bits per heavy atom. The number of nitrogens with two attached hydrogens (primary N) is 1. The highest BCUT2D eigenvalue weighted by molar-refractivity contribution is 9.10. The molecule has 0 saturated carbocycles. The van der Waals surface area contributed by atoms with E-state index in [1.54, 1.807) is 18.5 Å². The van der Waals surface area contributed by atoms with E-state index in [-0.39, 0.29) is 0 Å². The second-order valence-electron chi connectivity index (χ2n) is 2.57. The summed E-state index contributed by atoms with van der Waals surface area (Å²) in [5.74, 6) is 1.26. The first-order valence-electron chi connectivity index (χ1n) is 3.72. The molecule has 0 aliphatic rings. The summed E-state index contributed by atoms with van der Waals surface area (Å²) >= 11 is 3.37. The van der Waals surface area contributed by atoms with Gasteiger partial charge in [-0.1, -0.05) is 0 Å². The quantitative estimate of drug-likeness (QED) is 0.832. The molecule has 0 radical (unpaired) electrons. The van der Waals surface area contributed by atoms with Gasteiger partial charge in [0.15, 0.2) is 0 Å². The highest BCUT2D eigenvalue weighted by Gasteiger charge is 2.06. The molecule has 0 aromatic carbocycles. The third kappa shape index (κ3) is 1.58. The van der Waals surface area contributed by atoms with E-state index in [0.29, 0.717) is 5.82 Å². The van der Waals surface area contributed by atoms with Crippen LogP contribution in [0.15, 0.2) is 39.5 Å². The van der Waals surface area contributed by atoms with Gasteiger partial charge in [0.2, 0.25) is 0 Å². The highest BCUT2D eigenvalue weighted by atomic mass is 79.9. The summed E-state index contributed by atoms with van der Waals surface area (Å²) < 4.78 is 6.19. The van der Waals surface area contributed by atoms with Crippen LogP contribution in [0.3, 0.4) is 0 Å². The molecule has 13 heavy (non-hydrogen) atoms. The molecule has 4 heteroatoms. The summed E-state index contributed by atoms with van der Waals surface area (Å²) in [6.07, 6.45) is 3.27. The molecule has 0 fully saturated rings. The van der Waals surface area contributed by atoms with Gasteiger partial charge in [-0.3, -0.25) is 0 Å². The molecule has 66 valence electrons. The smallest absolute Gasteiger partial charge is 0.148 e. The second-order valence-corrected chi connectivity index (χ2v) is 3.42. The number of nitrogens with zero attached hydrogens (tertiary/aromatic N) is 1. The minimum Gasteiger partial charge on any atom is -0.463 e. The van der Waals surface area contributed by atoms with E-state index in [4.69, 9.17) is 10.2 Å². The van der Waals surface area contributed by atoms with Crippen molar-refractivity contribution in [2.24, 2.45) is 0 Å². The van der Waals surface area contributed by atoms with E-state index < -0.39 is 0 Å². The molecule has 2 aromatic heterocycles. The van der Waals surface area contributed by atoms with Crippen LogP contribution in [0.5, 0.6) is 0 Å². The van der Waals surface area contributed by atoms with Crippen molar-refractivity contribution in [2.75, 3.05) is 5.73 Å². The third-order valence-corrected chi connectivity index (χ3v) is 2.28. The molecule has 0 bridgehead atoms. The number of hydrogen-bond donors (Lipinski definition) is 1. The molecule has 2 N–H and O–H groups in total. The van der Waals surface area contributed by atoms with E-state index in [1.165, 1.54) is 0 Å². The van der Waals surface area contributed by atoms with Crippen LogP contribution >= 0.6 is 15.9 Å². The Morgan fingerprint density at radius 1 is 1.38 bits per heavy atom. The minimum absolute atomic E-state index is 0.487. The lowest BCUT2D eigenvalue weighted by atomic mass is 10.2. The molecule has 0 spiro atoms. The van der Waals surface area contributed by atoms with E-state index in [1.807, 2.05) is 12.1 Å². The predicted octanol–water partition coefficient (Wildman–Crippen LogP) is 2.69. The molecule has 0 atom stereocenters. The summed E-state index contributed by atoms with van der Waals surface area (Å²) in [7, 11) is 0. The zero-order valence-corrected chi connectivity index (χ0v) is 8.28. The van der Waals surface area contributed by atoms with Gasteiger partial charge in [-0.25, -0.2) is 4.98 Å². The first-order chi connectivity index (χ1) is 6.27. The van der Waals surface area contributed by atoms with Crippen LogP contribution in [-0.2, 0) is 0 Å². The monoisotopic (exact) mass is 238 g/mol. The van der Waals surface area contributed by atoms with Crippen molar-refractivity contribution >= 4 is 21.7 Å². The van der Waals surface area contributed by atoms with Crippen LogP contribution in [0.25, 0.3) is 11.3 Å². The Hall–Kier alpha value is -1.29. The summed E-state index contributed by atoms with van der Waals surface area (Å²) in [6, 6.07) is 5.45. The SMILES string of the molecule is Nc1cc(-c2occc2Br)ccn1. The number of nitrogen functional groups attached to an aromatic ring is 1. The number of furan rings is 1. The van der Waals surface area contributed by atoms with Crippen LogP contribution in [0.1, 0.15) is 0 Å². The predicted molar refractivity (Wildman–Crippen MR) is 54.1 cm³/mol. The maximum Gasteiger partial charge on any atom is 0.148 e. The van der Waals surface area contributed by atoms with Crippen molar-refractivity contribution in [1.29, 1.82) is 0 Å². The maximum atomic E-state index is 5.55. The average Bonchev–Trinajstić information content (AvgIpc) is 2.51. The molecule has 0 saturated heterocycles. The van der Waals surface area contributed by atoms with Crippen molar-refractivity contribution in [1.82, 2.24) is 4.98 Å². The third-order valence-electron chi connectivity index (χ3n) is 1.66. The van der Waals surface area contributed by atoms with Crippen molar-refractivity contribution in [2.45, 2.75) is 0 Å². The maximum absolute atomic E-state index is 5.55.